The number of nitrogens with one attached hydrogen (secondary N) is 1. The van der Waals surface area contributed by atoms with E-state index in [1.165, 1.54) is 6.07 Å². The van der Waals surface area contributed by atoms with E-state index in [0.29, 0.717) is 29.5 Å². The first kappa shape index (κ1) is 29.9. The molecule has 0 unspecified atom stereocenters. The van der Waals surface area contributed by atoms with Gasteiger partial charge in [-0.1, -0.05) is 41.4 Å². The maximum atomic E-state index is 16.0. The van der Waals surface area contributed by atoms with Crippen molar-refractivity contribution in [3.05, 3.63) is 63.4 Å². The average Bonchev–Trinajstić information content (AvgIpc) is 3.42. The van der Waals surface area contributed by atoms with E-state index in [9.17, 15) is 18.4 Å². The number of halogens is 5. The van der Waals surface area contributed by atoms with Gasteiger partial charge >= 0.3 is 0 Å². The molecule has 5 nitrogen and oxygen atoms in total. The number of benzene rings is 2. The molecule has 2 aliphatic heterocycles. The number of carbonyl (C=O) groups is 2. The molecule has 2 saturated carbocycles. The number of fused-ring (bicyclic) bond motifs is 3. The predicted octanol–water partition coefficient (Wildman–Crippen LogP) is 7.23. The molecule has 1 N–H and O–H groups in total. The number of methoxy groups -OCH3 is 1. The number of hydrogen-bond donors (Lipinski definition) is 1. The Morgan fingerprint density at radius 2 is 1.90 bits per heavy atom. The van der Waals surface area contributed by atoms with Crippen LogP contribution in [0.2, 0.25) is 10.0 Å². The van der Waals surface area contributed by atoms with Gasteiger partial charge in [0.1, 0.15) is 11.6 Å². The number of ketones is 1. The van der Waals surface area contributed by atoms with Crippen LogP contribution in [0, 0.1) is 28.5 Å². The maximum absolute atomic E-state index is 16.0. The summed E-state index contributed by atoms with van der Waals surface area (Å²) in [5.74, 6) is -2.97. The van der Waals surface area contributed by atoms with E-state index < -0.39 is 53.2 Å². The van der Waals surface area contributed by atoms with Gasteiger partial charge < -0.3 is 14.8 Å². The summed E-state index contributed by atoms with van der Waals surface area (Å²) in [5, 5.41) is 3.22. The van der Waals surface area contributed by atoms with Crippen LogP contribution in [0.5, 0.6) is 0 Å². The Morgan fingerprint density at radius 3 is 2.57 bits per heavy atom. The quantitative estimate of drug-likeness (QED) is 0.337. The van der Waals surface area contributed by atoms with Crippen LogP contribution in [0.15, 0.2) is 36.4 Å². The highest BCUT2D eigenvalue weighted by Crippen LogP contribution is 2.77. The van der Waals surface area contributed by atoms with Crippen molar-refractivity contribution in [2.75, 3.05) is 39.0 Å². The zero-order chi connectivity index (χ0) is 29.9. The summed E-state index contributed by atoms with van der Waals surface area (Å²) >= 11 is 12.6. The van der Waals surface area contributed by atoms with E-state index in [-0.39, 0.29) is 54.1 Å². The van der Waals surface area contributed by atoms with Crippen LogP contribution in [0.3, 0.4) is 0 Å². The highest BCUT2D eigenvalue weighted by Gasteiger charge is 2.77. The van der Waals surface area contributed by atoms with Crippen LogP contribution >= 0.6 is 23.2 Å². The van der Waals surface area contributed by atoms with Gasteiger partial charge in [0, 0.05) is 41.5 Å². The van der Waals surface area contributed by atoms with Gasteiger partial charge in [-0.15, -0.1) is 0 Å². The first-order valence-electron chi connectivity index (χ1n) is 14.4. The van der Waals surface area contributed by atoms with E-state index in [2.05, 4.69) is 5.32 Å². The Morgan fingerprint density at radius 1 is 1.14 bits per heavy atom. The molecular formula is C32H34Cl2F3NO4. The zero-order valence-corrected chi connectivity index (χ0v) is 24.9. The van der Waals surface area contributed by atoms with Crippen LogP contribution in [0.4, 0.5) is 18.9 Å². The molecule has 2 spiro atoms. The van der Waals surface area contributed by atoms with Crippen LogP contribution in [0.25, 0.3) is 0 Å². The van der Waals surface area contributed by atoms with Crippen molar-refractivity contribution in [1.82, 2.24) is 0 Å². The molecule has 0 radical (unpaired) electrons. The fourth-order valence-corrected chi connectivity index (χ4v) is 9.14. The Balaban J connectivity index is 1.47. The fraction of sp³-hybridized carbons (Fsp3) is 0.562. The third kappa shape index (κ3) is 4.42. The van der Waals surface area contributed by atoms with Gasteiger partial charge in [-0.05, 0) is 72.8 Å². The van der Waals surface area contributed by atoms with Crippen LogP contribution in [0.1, 0.15) is 55.6 Å². The standard InChI is InChI=1S/C32H34Cl2F3NO4/c1-41-13-20-7-5-18(12-42-20)9-26(39)22-11-31(14-30(15-31,16-35)17-36)32(27(22)21-3-2-4-24(34)28(21)37)23-8-6-19(33)10-25(23)38-29(32)40/h2-4,6,8,10,18,20,22,27H,5,7,9,11-17H2,1H3,(H,38,40)/t18-,20-,22-,27-,32+/m0/s1. The minimum atomic E-state index is -1.45. The Bertz CT molecular complexity index is 1390. The Hall–Kier alpha value is -2.13. The molecule has 1 amide bonds. The van der Waals surface area contributed by atoms with Gasteiger partial charge in [-0.2, -0.15) is 0 Å². The Labute approximate surface area is 253 Å². The van der Waals surface area contributed by atoms with Crippen molar-refractivity contribution in [2.45, 2.75) is 56.0 Å². The number of Topliss-reactive ketones (excluding diaryl/α,β-unsaturated/α-hetero) is 1. The second-order valence-electron chi connectivity index (χ2n) is 12.8. The van der Waals surface area contributed by atoms with Crippen molar-refractivity contribution in [1.29, 1.82) is 0 Å². The molecule has 2 heterocycles. The molecule has 5 atom stereocenters. The van der Waals surface area contributed by atoms with Gasteiger partial charge in [0.05, 0.1) is 43.1 Å². The normalized spacial score (nSPS) is 30.8. The maximum Gasteiger partial charge on any atom is 0.236 e. The molecule has 10 heteroatoms. The lowest BCUT2D eigenvalue weighted by Crippen LogP contribution is -2.61. The van der Waals surface area contributed by atoms with Crippen molar-refractivity contribution >= 4 is 40.6 Å². The molecule has 2 aromatic rings. The molecule has 226 valence electrons. The first-order valence-corrected chi connectivity index (χ1v) is 15.2. The van der Waals surface area contributed by atoms with Gasteiger partial charge in [-0.3, -0.25) is 18.4 Å². The van der Waals surface area contributed by atoms with Gasteiger partial charge in [0.2, 0.25) is 5.91 Å². The summed E-state index contributed by atoms with van der Waals surface area (Å²) in [4.78, 5) is 28.7. The molecule has 0 bridgehead atoms. The first-order chi connectivity index (χ1) is 20.1. The van der Waals surface area contributed by atoms with E-state index in [0.717, 1.165) is 12.8 Å². The minimum absolute atomic E-state index is 0.0253. The molecular weight excluding hydrogens is 590 g/mol. The lowest BCUT2D eigenvalue weighted by molar-refractivity contribution is -0.143. The summed E-state index contributed by atoms with van der Waals surface area (Å²) in [5.41, 5.74) is -2.46. The zero-order valence-electron chi connectivity index (χ0n) is 23.4. The number of amides is 1. The molecule has 4 aliphatic rings. The van der Waals surface area contributed by atoms with Crippen LogP contribution < -0.4 is 5.32 Å². The molecule has 0 aromatic heterocycles. The lowest BCUT2D eigenvalue weighted by atomic mass is 9.43. The SMILES string of the molecule is COC[C@@H]1CC[C@@H](CC(=O)[C@@H]2CC3(CC(CF)(CF)C3)[C@@]3(C(=O)Nc4cc(Cl)ccc43)[C@H]2c2cccc(Cl)c2F)CO1. The Kier molecular flexibility index (Phi) is 7.91. The van der Waals surface area contributed by atoms with E-state index in [1.807, 2.05) is 0 Å². The van der Waals surface area contributed by atoms with Crippen molar-refractivity contribution < 1.29 is 32.2 Å². The number of anilines is 1. The molecule has 1 saturated heterocycles. The molecule has 2 aliphatic carbocycles. The number of ether oxygens (including phenoxy) is 2. The van der Waals surface area contributed by atoms with Gasteiger partial charge in [0.25, 0.3) is 0 Å². The summed E-state index contributed by atoms with van der Waals surface area (Å²) in [6.45, 7) is -0.887. The monoisotopic (exact) mass is 623 g/mol. The summed E-state index contributed by atoms with van der Waals surface area (Å²) < 4.78 is 55.7. The topological polar surface area (TPSA) is 64.6 Å². The number of carbonyl (C=O) groups excluding carboxylic acids is 2. The second kappa shape index (κ2) is 11.1. The smallest absolute Gasteiger partial charge is 0.236 e. The number of hydrogen-bond acceptors (Lipinski definition) is 4. The number of alkyl halides is 2. The lowest BCUT2D eigenvalue weighted by Gasteiger charge is -2.59. The van der Waals surface area contributed by atoms with E-state index in [4.69, 9.17) is 32.7 Å². The largest absolute Gasteiger partial charge is 0.382 e. The number of rotatable bonds is 8. The second-order valence-corrected chi connectivity index (χ2v) is 13.7. The average molecular weight is 625 g/mol. The van der Waals surface area contributed by atoms with Crippen molar-refractivity contribution in [3.63, 3.8) is 0 Å². The van der Waals surface area contributed by atoms with E-state index >= 15 is 4.39 Å². The van der Waals surface area contributed by atoms with Gasteiger partial charge in [-0.25, -0.2) is 4.39 Å². The summed E-state index contributed by atoms with van der Waals surface area (Å²) in [6.07, 6.45) is 2.03. The minimum Gasteiger partial charge on any atom is -0.382 e. The highest BCUT2D eigenvalue weighted by atomic mass is 35.5. The third-order valence-corrected chi connectivity index (χ3v) is 10.9. The third-order valence-electron chi connectivity index (χ3n) is 10.4. The fourth-order valence-electron chi connectivity index (χ4n) is 8.79. The van der Waals surface area contributed by atoms with Crippen LogP contribution in [-0.2, 0) is 24.5 Å². The van der Waals surface area contributed by atoms with Crippen molar-refractivity contribution in [3.8, 4) is 0 Å². The molecule has 2 aromatic carbocycles. The van der Waals surface area contributed by atoms with Crippen LogP contribution in [-0.4, -0.2) is 51.5 Å². The molecule has 42 heavy (non-hydrogen) atoms. The summed E-state index contributed by atoms with van der Waals surface area (Å²) in [6, 6.07) is 9.62. The molecule has 6 rings (SSSR count). The molecule has 3 fully saturated rings. The van der Waals surface area contributed by atoms with Crippen molar-refractivity contribution in [2.24, 2.45) is 22.7 Å². The highest BCUT2D eigenvalue weighted by molar-refractivity contribution is 6.31. The predicted molar refractivity (Wildman–Crippen MR) is 154 cm³/mol. The summed E-state index contributed by atoms with van der Waals surface area (Å²) in [7, 11) is 1.62. The van der Waals surface area contributed by atoms with Gasteiger partial charge in [0.15, 0.2) is 0 Å². The van der Waals surface area contributed by atoms with E-state index in [1.54, 1.807) is 37.4 Å².